The van der Waals surface area contributed by atoms with Gasteiger partial charge in [0.15, 0.2) is 0 Å². The van der Waals surface area contributed by atoms with Crippen molar-refractivity contribution in [2.45, 2.75) is 31.3 Å². The minimum Gasteiger partial charge on any atom is -0.308 e. The van der Waals surface area contributed by atoms with Gasteiger partial charge >= 0.3 is 0 Å². The summed E-state index contributed by atoms with van der Waals surface area (Å²) in [5.74, 6) is 0. The number of aryl methyl sites for hydroxylation is 1. The molecule has 24 heavy (non-hydrogen) atoms. The van der Waals surface area contributed by atoms with Gasteiger partial charge in [-0.1, -0.05) is 18.2 Å². The highest BCUT2D eigenvalue weighted by molar-refractivity contribution is 7.92. The lowest BCUT2D eigenvalue weighted by Crippen LogP contribution is -2.39. The van der Waals surface area contributed by atoms with Crippen LogP contribution in [-0.4, -0.2) is 21.0 Å². The van der Waals surface area contributed by atoms with Crippen LogP contribution in [0.25, 0.3) is 0 Å². The molecular weight excluding hydrogens is 322 g/mol. The third-order valence-electron chi connectivity index (χ3n) is 4.25. The van der Waals surface area contributed by atoms with Crippen molar-refractivity contribution in [2.24, 2.45) is 0 Å². The molecule has 2 aromatic rings. The Balaban J connectivity index is 2.12. The summed E-state index contributed by atoms with van der Waals surface area (Å²) in [7, 11) is -3.70. The second-order valence-corrected chi connectivity index (χ2v) is 7.90. The highest BCUT2D eigenvalue weighted by Gasteiger charge is 2.30. The van der Waals surface area contributed by atoms with Gasteiger partial charge in [-0.3, -0.25) is 4.31 Å². The number of fused-ring (bicyclic) bond motifs is 1. The molecule has 0 aliphatic carbocycles. The molecule has 0 fully saturated rings. The van der Waals surface area contributed by atoms with Crippen molar-refractivity contribution in [3.63, 3.8) is 0 Å². The molecular formula is C18H19N3O2S. The molecule has 6 heteroatoms. The van der Waals surface area contributed by atoms with Gasteiger partial charge in [0.1, 0.15) is 0 Å². The smallest absolute Gasteiger partial charge is 0.264 e. The van der Waals surface area contributed by atoms with Crippen LogP contribution < -0.4 is 9.62 Å². The number of hydrogen-bond donors (Lipinski definition) is 1. The van der Waals surface area contributed by atoms with Gasteiger partial charge in [0, 0.05) is 19.1 Å². The number of benzene rings is 2. The van der Waals surface area contributed by atoms with Gasteiger partial charge in [-0.2, -0.15) is 5.26 Å². The molecule has 2 aromatic carbocycles. The predicted molar refractivity (Wildman–Crippen MR) is 93.2 cm³/mol. The van der Waals surface area contributed by atoms with E-state index in [0.29, 0.717) is 29.9 Å². The maximum Gasteiger partial charge on any atom is 0.264 e. The molecule has 1 heterocycles. The highest BCUT2D eigenvalue weighted by atomic mass is 32.2. The number of para-hydroxylation sites is 1. The summed E-state index contributed by atoms with van der Waals surface area (Å²) < 4.78 is 27.9. The number of sulfonamides is 1. The lowest BCUT2D eigenvalue weighted by atomic mass is 10.1. The van der Waals surface area contributed by atoms with Crippen LogP contribution in [0.15, 0.2) is 47.4 Å². The summed E-state index contributed by atoms with van der Waals surface area (Å²) in [6.45, 7) is 4.71. The Morgan fingerprint density at radius 3 is 2.71 bits per heavy atom. The van der Waals surface area contributed by atoms with Gasteiger partial charge in [0.25, 0.3) is 10.0 Å². The first-order chi connectivity index (χ1) is 11.4. The van der Waals surface area contributed by atoms with Crippen LogP contribution in [0.2, 0.25) is 0 Å². The van der Waals surface area contributed by atoms with E-state index < -0.39 is 10.0 Å². The molecule has 1 aliphatic rings. The first-order valence-electron chi connectivity index (χ1n) is 7.78. The summed E-state index contributed by atoms with van der Waals surface area (Å²) in [5, 5.41) is 12.4. The van der Waals surface area contributed by atoms with E-state index in [1.807, 2.05) is 31.2 Å². The van der Waals surface area contributed by atoms with E-state index in [9.17, 15) is 8.42 Å². The average molecular weight is 341 g/mol. The Bertz CT molecular complexity index is 916. The van der Waals surface area contributed by atoms with Crippen molar-refractivity contribution in [3.8, 4) is 6.07 Å². The van der Waals surface area contributed by atoms with Gasteiger partial charge in [0.2, 0.25) is 0 Å². The lowest BCUT2D eigenvalue weighted by Gasteiger charge is -2.26. The van der Waals surface area contributed by atoms with Gasteiger partial charge in [-0.25, -0.2) is 8.42 Å². The fraction of sp³-hybridized carbons (Fsp3) is 0.278. The molecule has 0 saturated carbocycles. The zero-order chi connectivity index (χ0) is 17.3. The van der Waals surface area contributed by atoms with Gasteiger partial charge in [0.05, 0.1) is 22.2 Å². The van der Waals surface area contributed by atoms with Crippen LogP contribution in [0, 0.1) is 18.3 Å². The monoisotopic (exact) mass is 341 g/mol. The van der Waals surface area contributed by atoms with Crippen molar-refractivity contribution in [1.82, 2.24) is 5.32 Å². The van der Waals surface area contributed by atoms with Crippen LogP contribution in [-0.2, 0) is 16.6 Å². The quantitative estimate of drug-likeness (QED) is 0.911. The zero-order valence-electron chi connectivity index (χ0n) is 13.7. The van der Waals surface area contributed by atoms with Crippen LogP contribution in [0.3, 0.4) is 0 Å². The average Bonchev–Trinajstić information content (AvgIpc) is 2.74. The molecule has 124 valence electrons. The van der Waals surface area contributed by atoms with E-state index in [0.717, 1.165) is 5.56 Å². The lowest BCUT2D eigenvalue weighted by molar-refractivity contribution is 0.556. The first kappa shape index (κ1) is 16.5. The third kappa shape index (κ3) is 2.88. The van der Waals surface area contributed by atoms with E-state index >= 15 is 0 Å². The number of rotatable bonds is 2. The molecule has 0 amide bonds. The summed E-state index contributed by atoms with van der Waals surface area (Å²) in [5.41, 5.74) is 2.81. The van der Waals surface area contributed by atoms with Gasteiger partial charge in [-0.05, 0) is 49.2 Å². The molecule has 1 aliphatic heterocycles. The Morgan fingerprint density at radius 1 is 1.25 bits per heavy atom. The van der Waals surface area contributed by atoms with Crippen molar-refractivity contribution in [2.75, 3.05) is 10.8 Å². The molecule has 0 bridgehead atoms. The van der Waals surface area contributed by atoms with Crippen LogP contribution in [0.5, 0.6) is 0 Å². The predicted octanol–water partition coefficient (Wildman–Crippen LogP) is 2.55. The largest absolute Gasteiger partial charge is 0.308 e. The highest BCUT2D eigenvalue weighted by Crippen LogP contribution is 2.29. The van der Waals surface area contributed by atoms with Crippen molar-refractivity contribution in [3.05, 3.63) is 59.2 Å². The molecule has 1 unspecified atom stereocenters. The molecule has 0 saturated heterocycles. The summed E-state index contributed by atoms with van der Waals surface area (Å²) in [6, 6.07) is 14.3. The topological polar surface area (TPSA) is 73.2 Å². The van der Waals surface area contributed by atoms with Crippen LogP contribution in [0.1, 0.15) is 23.6 Å². The fourth-order valence-electron chi connectivity index (χ4n) is 2.88. The van der Waals surface area contributed by atoms with Gasteiger partial charge in [-0.15, -0.1) is 0 Å². The van der Waals surface area contributed by atoms with Crippen LogP contribution >= 0.6 is 0 Å². The fourth-order valence-corrected chi connectivity index (χ4v) is 4.55. The van der Waals surface area contributed by atoms with Gasteiger partial charge < -0.3 is 5.32 Å². The van der Waals surface area contributed by atoms with Crippen molar-refractivity contribution in [1.29, 1.82) is 5.26 Å². The molecule has 3 rings (SSSR count). The zero-order valence-corrected chi connectivity index (χ0v) is 14.5. The van der Waals surface area contributed by atoms with E-state index in [2.05, 4.69) is 11.4 Å². The second kappa shape index (κ2) is 6.27. The molecule has 0 aromatic heterocycles. The standard InChI is InChI=1S/C18H19N3O2S/c1-13-9-17(8-7-15(13)10-19)24(22,23)21-12-14(2)20-11-16-5-3-4-6-18(16)21/h3-9,14,20H,11-12H2,1-2H3. The van der Waals surface area contributed by atoms with Crippen molar-refractivity contribution < 1.29 is 8.42 Å². The normalized spacial score (nSPS) is 17.7. The Kier molecular flexibility index (Phi) is 4.31. The summed E-state index contributed by atoms with van der Waals surface area (Å²) >= 11 is 0. The molecule has 1 N–H and O–H groups in total. The Labute approximate surface area is 142 Å². The Morgan fingerprint density at radius 2 is 2.00 bits per heavy atom. The summed E-state index contributed by atoms with van der Waals surface area (Å²) in [6.07, 6.45) is 0. The van der Waals surface area contributed by atoms with Crippen molar-refractivity contribution >= 4 is 15.7 Å². The summed E-state index contributed by atoms with van der Waals surface area (Å²) in [4.78, 5) is 0.211. The number of nitrogens with one attached hydrogen (secondary N) is 1. The molecule has 1 atom stereocenters. The number of anilines is 1. The molecule has 0 spiro atoms. The van der Waals surface area contributed by atoms with E-state index in [4.69, 9.17) is 5.26 Å². The minimum atomic E-state index is -3.70. The number of hydrogen-bond acceptors (Lipinski definition) is 4. The maximum atomic E-state index is 13.2. The van der Waals surface area contributed by atoms with E-state index in [-0.39, 0.29) is 10.9 Å². The molecule has 0 radical (unpaired) electrons. The Hall–Kier alpha value is -2.36. The van der Waals surface area contributed by atoms with E-state index in [1.54, 1.807) is 19.1 Å². The first-order valence-corrected chi connectivity index (χ1v) is 9.22. The SMILES string of the molecule is Cc1cc(S(=O)(=O)N2CC(C)NCc3ccccc32)ccc1C#N. The third-order valence-corrected chi connectivity index (χ3v) is 6.02. The number of nitriles is 1. The molecule has 5 nitrogen and oxygen atoms in total. The maximum absolute atomic E-state index is 13.2. The minimum absolute atomic E-state index is 0.0339. The van der Waals surface area contributed by atoms with Crippen LogP contribution in [0.4, 0.5) is 5.69 Å². The van der Waals surface area contributed by atoms with E-state index in [1.165, 1.54) is 10.4 Å². The number of nitrogens with zero attached hydrogens (tertiary/aromatic N) is 2. The second-order valence-electron chi connectivity index (χ2n) is 6.04.